The lowest BCUT2D eigenvalue weighted by molar-refractivity contribution is -0.116. The predicted molar refractivity (Wildman–Crippen MR) is 115 cm³/mol. The highest BCUT2D eigenvalue weighted by Crippen LogP contribution is 2.29. The summed E-state index contributed by atoms with van der Waals surface area (Å²) in [5, 5.41) is 9.65. The summed E-state index contributed by atoms with van der Waals surface area (Å²) in [7, 11) is 0. The Balaban J connectivity index is 2.09. The third-order valence-corrected chi connectivity index (χ3v) is 5.11. The van der Waals surface area contributed by atoms with Crippen LogP contribution in [0.5, 0.6) is 0 Å². The van der Waals surface area contributed by atoms with Crippen molar-refractivity contribution in [1.29, 1.82) is 0 Å². The Labute approximate surface area is 180 Å². The lowest BCUT2D eigenvalue weighted by Crippen LogP contribution is -2.44. The van der Waals surface area contributed by atoms with Crippen molar-refractivity contribution in [1.82, 2.24) is 15.0 Å². The van der Waals surface area contributed by atoms with Gasteiger partial charge in [0.2, 0.25) is 5.91 Å². The molecule has 1 heterocycles. The molecular weight excluding hydrogens is 417 g/mol. The van der Waals surface area contributed by atoms with Gasteiger partial charge in [0.15, 0.2) is 5.82 Å². The minimum absolute atomic E-state index is 0.156. The molecule has 158 valence electrons. The van der Waals surface area contributed by atoms with Crippen molar-refractivity contribution < 1.29 is 14.1 Å². The molecule has 3 amide bonds. The van der Waals surface area contributed by atoms with Crippen LogP contribution in [0.1, 0.15) is 19.6 Å². The fourth-order valence-corrected chi connectivity index (χ4v) is 2.98. The molecule has 10 heteroatoms. The molecule has 1 aromatic heterocycles. The molecule has 0 unspecified atom stereocenters. The molecule has 1 aromatic carbocycles. The van der Waals surface area contributed by atoms with E-state index in [1.807, 2.05) is 13.8 Å². The monoisotopic (exact) mass is 441 g/mol. The number of nitrogens with one attached hydrogen (secondary N) is 2. The number of rotatable bonds is 9. The van der Waals surface area contributed by atoms with Gasteiger partial charge in [-0.25, -0.2) is 4.79 Å². The van der Waals surface area contributed by atoms with E-state index in [2.05, 4.69) is 20.7 Å². The highest BCUT2D eigenvalue weighted by atomic mass is 35.5. The molecular formula is C19H25Cl2N5O3. The lowest BCUT2D eigenvalue weighted by Gasteiger charge is -2.26. The van der Waals surface area contributed by atoms with Crippen molar-refractivity contribution in [2.24, 2.45) is 0 Å². The predicted octanol–water partition coefficient (Wildman–Crippen LogP) is 4.10. The van der Waals surface area contributed by atoms with E-state index in [9.17, 15) is 9.59 Å². The number of anilines is 2. The topological polar surface area (TPSA) is 90.7 Å². The molecule has 0 aliphatic rings. The Morgan fingerprint density at radius 1 is 1.14 bits per heavy atom. The van der Waals surface area contributed by atoms with Crippen LogP contribution in [0.25, 0.3) is 0 Å². The second-order valence-electron chi connectivity index (χ2n) is 6.35. The molecule has 0 aliphatic heterocycles. The van der Waals surface area contributed by atoms with Gasteiger partial charge in [-0.1, -0.05) is 48.3 Å². The third-order valence-electron chi connectivity index (χ3n) is 4.29. The third kappa shape index (κ3) is 6.92. The van der Waals surface area contributed by atoms with Crippen LogP contribution >= 0.6 is 23.2 Å². The summed E-state index contributed by atoms with van der Waals surface area (Å²) in [6.07, 6.45) is 0. The molecule has 0 radical (unpaired) electrons. The van der Waals surface area contributed by atoms with Gasteiger partial charge in [0, 0.05) is 19.2 Å². The van der Waals surface area contributed by atoms with Crippen LogP contribution in [-0.4, -0.2) is 59.6 Å². The molecule has 2 aromatic rings. The summed E-state index contributed by atoms with van der Waals surface area (Å²) in [4.78, 5) is 28.8. The van der Waals surface area contributed by atoms with Crippen LogP contribution in [-0.2, 0) is 4.79 Å². The zero-order valence-corrected chi connectivity index (χ0v) is 18.2. The summed E-state index contributed by atoms with van der Waals surface area (Å²) >= 11 is 12.2. The molecule has 2 rings (SSSR count). The average Bonchev–Trinajstić information content (AvgIpc) is 3.09. The second kappa shape index (κ2) is 11.0. The van der Waals surface area contributed by atoms with Crippen molar-refractivity contribution in [3.63, 3.8) is 0 Å². The number of carbonyl (C=O) groups is 2. The van der Waals surface area contributed by atoms with E-state index in [1.165, 1.54) is 4.90 Å². The number of urea groups is 1. The number of likely N-dealkylation sites (N-methyl/N-ethyl adjacent to an activating group) is 1. The number of halogens is 2. The van der Waals surface area contributed by atoms with Crippen molar-refractivity contribution in [3.05, 3.63) is 40.1 Å². The van der Waals surface area contributed by atoms with Crippen molar-refractivity contribution in [3.8, 4) is 0 Å². The molecule has 0 bridgehead atoms. The first-order valence-corrected chi connectivity index (χ1v) is 10.0. The van der Waals surface area contributed by atoms with Gasteiger partial charge >= 0.3 is 6.03 Å². The summed E-state index contributed by atoms with van der Waals surface area (Å²) in [5.41, 5.74) is 0.379. The maximum Gasteiger partial charge on any atom is 0.322 e. The zero-order chi connectivity index (χ0) is 21.4. The van der Waals surface area contributed by atoms with Gasteiger partial charge in [0.1, 0.15) is 12.3 Å². The van der Waals surface area contributed by atoms with Crippen LogP contribution in [0.4, 0.5) is 16.3 Å². The number of hydrogen-bond donors (Lipinski definition) is 2. The first-order chi connectivity index (χ1) is 13.8. The lowest BCUT2D eigenvalue weighted by atomic mass is 10.3. The normalized spacial score (nSPS) is 10.8. The van der Waals surface area contributed by atoms with Crippen molar-refractivity contribution >= 4 is 46.6 Å². The molecule has 0 aliphatic carbocycles. The smallest absolute Gasteiger partial charge is 0.322 e. The van der Waals surface area contributed by atoms with E-state index in [0.29, 0.717) is 35.4 Å². The van der Waals surface area contributed by atoms with E-state index < -0.39 is 6.03 Å². The quantitative estimate of drug-likeness (QED) is 0.610. The number of amides is 3. The molecule has 2 N–H and O–H groups in total. The van der Waals surface area contributed by atoms with Crippen molar-refractivity contribution in [2.45, 2.75) is 20.8 Å². The molecule has 0 atom stereocenters. The van der Waals surface area contributed by atoms with E-state index in [-0.39, 0.29) is 17.5 Å². The Morgan fingerprint density at radius 3 is 2.48 bits per heavy atom. The fraction of sp³-hybridized carbons (Fsp3) is 0.421. The fourth-order valence-electron chi connectivity index (χ4n) is 2.63. The highest BCUT2D eigenvalue weighted by molar-refractivity contribution is 6.43. The van der Waals surface area contributed by atoms with Gasteiger partial charge in [-0.15, -0.1) is 0 Å². The molecule has 0 saturated carbocycles. The average molecular weight is 442 g/mol. The molecule has 0 saturated heterocycles. The second-order valence-corrected chi connectivity index (χ2v) is 7.14. The largest absolute Gasteiger partial charge is 0.360 e. The highest BCUT2D eigenvalue weighted by Gasteiger charge is 2.20. The Hall–Kier alpha value is -2.29. The van der Waals surface area contributed by atoms with Crippen LogP contribution in [0.3, 0.4) is 0 Å². The Bertz CT molecular complexity index is 839. The van der Waals surface area contributed by atoms with Gasteiger partial charge in [-0.3, -0.25) is 4.79 Å². The SMILES string of the molecule is CCN(CC)CCN(CC(=O)Nc1cc(C)on1)C(=O)Nc1cccc(Cl)c1Cl. The molecule has 29 heavy (non-hydrogen) atoms. The molecule has 0 spiro atoms. The summed E-state index contributed by atoms with van der Waals surface area (Å²) in [5.74, 6) is 0.492. The minimum atomic E-state index is -0.451. The molecule has 0 fully saturated rings. The van der Waals surface area contributed by atoms with Crippen LogP contribution in [0.15, 0.2) is 28.8 Å². The van der Waals surface area contributed by atoms with E-state index in [0.717, 1.165) is 13.1 Å². The standard InChI is InChI=1S/C19H25Cl2N5O3/c1-4-25(5-2)9-10-26(12-17(27)23-16-11-13(3)29-24-16)19(28)22-15-8-6-7-14(20)18(15)21/h6-8,11H,4-5,9-10,12H2,1-3H3,(H,22,28)(H,23,24,27). The van der Waals surface area contributed by atoms with Crippen LogP contribution < -0.4 is 10.6 Å². The Kier molecular flexibility index (Phi) is 8.75. The summed E-state index contributed by atoms with van der Waals surface area (Å²) in [6.45, 7) is 8.32. The number of aromatic nitrogens is 1. The van der Waals surface area contributed by atoms with Crippen LogP contribution in [0, 0.1) is 6.92 Å². The number of carbonyl (C=O) groups excluding carboxylic acids is 2. The van der Waals surface area contributed by atoms with Gasteiger partial charge in [-0.2, -0.15) is 0 Å². The van der Waals surface area contributed by atoms with Gasteiger partial charge in [-0.05, 0) is 32.1 Å². The first kappa shape index (κ1) is 23.0. The van der Waals surface area contributed by atoms with E-state index in [4.69, 9.17) is 27.7 Å². The summed E-state index contributed by atoms with van der Waals surface area (Å²) in [6, 6.07) is 6.11. The maximum atomic E-state index is 12.8. The number of hydrogen-bond acceptors (Lipinski definition) is 5. The minimum Gasteiger partial charge on any atom is -0.360 e. The van der Waals surface area contributed by atoms with Crippen molar-refractivity contribution in [2.75, 3.05) is 43.4 Å². The van der Waals surface area contributed by atoms with Crippen LogP contribution in [0.2, 0.25) is 10.0 Å². The summed E-state index contributed by atoms with van der Waals surface area (Å²) < 4.78 is 4.94. The number of aryl methyl sites for hydroxylation is 1. The number of benzene rings is 1. The van der Waals surface area contributed by atoms with E-state index >= 15 is 0 Å². The first-order valence-electron chi connectivity index (χ1n) is 9.29. The zero-order valence-electron chi connectivity index (χ0n) is 16.7. The maximum absolute atomic E-state index is 12.8. The van der Waals surface area contributed by atoms with Gasteiger partial charge in [0.05, 0.1) is 15.7 Å². The number of nitrogens with zero attached hydrogens (tertiary/aromatic N) is 3. The van der Waals surface area contributed by atoms with Gasteiger partial charge in [0.25, 0.3) is 0 Å². The van der Waals surface area contributed by atoms with Gasteiger partial charge < -0.3 is 25.0 Å². The van der Waals surface area contributed by atoms with E-state index in [1.54, 1.807) is 31.2 Å². The molecule has 8 nitrogen and oxygen atoms in total. The Morgan fingerprint density at radius 2 is 1.86 bits per heavy atom.